The van der Waals surface area contributed by atoms with Crippen LogP contribution in [0, 0.1) is 0 Å². The maximum Gasteiger partial charge on any atom is 0.488 e. The maximum atomic E-state index is 9.20. The number of pyridine rings is 1. The van der Waals surface area contributed by atoms with Crippen LogP contribution in [-0.4, -0.2) is 17.2 Å². The molecule has 0 unspecified atom stereocenters. The van der Waals surface area contributed by atoms with Gasteiger partial charge in [0.05, 0.1) is 0 Å². The largest absolute Gasteiger partial charge is 0.488 e. The first kappa shape index (κ1) is 17.2. The third-order valence-corrected chi connectivity index (χ3v) is 5.70. The van der Waals surface area contributed by atoms with Crippen molar-refractivity contribution in [2.24, 2.45) is 0 Å². The summed E-state index contributed by atoms with van der Waals surface area (Å²) in [5.74, 6) is 0. The molecule has 0 aliphatic heterocycles. The van der Waals surface area contributed by atoms with Crippen LogP contribution < -0.4 is 10.0 Å². The van der Waals surface area contributed by atoms with Gasteiger partial charge in [-0.2, -0.15) is 0 Å². The minimum absolute atomic E-state index is 0.517. The van der Waals surface area contributed by atoms with Gasteiger partial charge in [0, 0.05) is 18.6 Å². The van der Waals surface area contributed by atoms with Crippen LogP contribution in [0.3, 0.4) is 0 Å². The van der Waals surface area contributed by atoms with E-state index in [4.69, 9.17) is 0 Å². The summed E-state index contributed by atoms with van der Waals surface area (Å²) < 4.78 is 2.09. The Kier molecular flexibility index (Phi) is 4.23. The van der Waals surface area contributed by atoms with E-state index >= 15 is 0 Å². The molecule has 136 valence electrons. The number of benzene rings is 4. The lowest BCUT2D eigenvalue weighted by molar-refractivity contribution is -0.697. The zero-order chi connectivity index (χ0) is 19.1. The van der Waals surface area contributed by atoms with Crippen molar-refractivity contribution in [2.75, 3.05) is 0 Å². The molecule has 0 spiro atoms. The molecule has 4 heteroatoms. The Labute approximate surface area is 164 Å². The zero-order valence-corrected chi connectivity index (χ0v) is 15.5. The Balaban J connectivity index is 1.44. The molecule has 1 aromatic heterocycles. The molecule has 0 saturated carbocycles. The summed E-state index contributed by atoms with van der Waals surface area (Å²) in [6, 6.07) is 23.5. The van der Waals surface area contributed by atoms with Crippen molar-refractivity contribution in [1.82, 2.24) is 0 Å². The molecular weight excluding hydrogens is 345 g/mol. The number of hydrogen-bond acceptors (Lipinski definition) is 2. The van der Waals surface area contributed by atoms with Gasteiger partial charge in [-0.3, -0.25) is 0 Å². The van der Waals surface area contributed by atoms with Gasteiger partial charge in [0.15, 0.2) is 12.4 Å². The number of rotatable bonds is 5. The third kappa shape index (κ3) is 2.91. The van der Waals surface area contributed by atoms with Gasteiger partial charge >= 0.3 is 7.12 Å². The van der Waals surface area contributed by atoms with Crippen LogP contribution in [0.1, 0.15) is 12.0 Å². The number of aryl methyl sites for hydroxylation is 2. The van der Waals surface area contributed by atoms with Gasteiger partial charge in [0.25, 0.3) is 0 Å². The van der Waals surface area contributed by atoms with Crippen molar-refractivity contribution in [1.29, 1.82) is 0 Å². The number of nitrogens with zero attached hydrogens (tertiary/aromatic N) is 1. The molecular formula is C24H21BNO2+. The number of hydrogen-bond donors (Lipinski definition) is 2. The van der Waals surface area contributed by atoms with E-state index in [9.17, 15) is 10.0 Å². The Bertz CT molecular complexity index is 1250. The number of aromatic nitrogens is 1. The van der Waals surface area contributed by atoms with E-state index in [1.165, 1.54) is 37.9 Å². The molecule has 28 heavy (non-hydrogen) atoms. The van der Waals surface area contributed by atoms with Crippen LogP contribution in [0.5, 0.6) is 0 Å². The topological polar surface area (TPSA) is 44.3 Å². The predicted octanol–water partition coefficient (Wildman–Crippen LogP) is 3.18. The monoisotopic (exact) mass is 366 g/mol. The van der Waals surface area contributed by atoms with Crippen LogP contribution in [-0.2, 0) is 13.0 Å². The second-order valence-electron chi connectivity index (χ2n) is 7.43. The molecule has 0 aliphatic carbocycles. The molecule has 0 aliphatic rings. The molecule has 4 aromatic carbocycles. The molecule has 3 nitrogen and oxygen atoms in total. The first-order chi connectivity index (χ1) is 13.7. The predicted molar refractivity (Wildman–Crippen MR) is 115 cm³/mol. The van der Waals surface area contributed by atoms with E-state index in [2.05, 4.69) is 59.2 Å². The highest BCUT2D eigenvalue weighted by molar-refractivity contribution is 6.58. The fourth-order valence-corrected chi connectivity index (χ4v) is 4.26. The first-order valence-corrected chi connectivity index (χ1v) is 9.71. The van der Waals surface area contributed by atoms with Crippen LogP contribution >= 0.6 is 0 Å². The van der Waals surface area contributed by atoms with Gasteiger partial charge in [-0.15, -0.1) is 0 Å². The Morgan fingerprint density at radius 3 is 2.07 bits per heavy atom. The summed E-state index contributed by atoms with van der Waals surface area (Å²) >= 11 is 0. The van der Waals surface area contributed by atoms with E-state index in [1.54, 1.807) is 12.1 Å². The maximum absolute atomic E-state index is 9.20. The molecule has 5 aromatic rings. The second-order valence-corrected chi connectivity index (χ2v) is 7.43. The lowest BCUT2D eigenvalue weighted by atomic mass is 9.81. The van der Waals surface area contributed by atoms with Crippen molar-refractivity contribution >= 4 is 44.9 Å². The lowest BCUT2D eigenvalue weighted by Crippen LogP contribution is -2.38. The minimum atomic E-state index is -1.41. The summed E-state index contributed by atoms with van der Waals surface area (Å²) in [4.78, 5) is 0. The lowest BCUT2D eigenvalue weighted by Gasteiger charge is -2.13. The highest BCUT2D eigenvalue weighted by atomic mass is 16.4. The van der Waals surface area contributed by atoms with Crippen LogP contribution in [0.15, 0.2) is 79.1 Å². The highest BCUT2D eigenvalue weighted by Crippen LogP contribution is 2.36. The Hall–Kier alpha value is -2.95. The van der Waals surface area contributed by atoms with Crippen molar-refractivity contribution < 1.29 is 14.6 Å². The van der Waals surface area contributed by atoms with Gasteiger partial charge in [-0.25, -0.2) is 4.57 Å². The Morgan fingerprint density at radius 2 is 1.36 bits per heavy atom. The minimum Gasteiger partial charge on any atom is -0.423 e. The molecule has 2 N–H and O–H groups in total. The van der Waals surface area contributed by atoms with Crippen LogP contribution in [0.2, 0.25) is 0 Å². The average molecular weight is 366 g/mol. The van der Waals surface area contributed by atoms with E-state index in [1.807, 2.05) is 12.4 Å². The molecule has 0 fully saturated rings. The second kappa shape index (κ2) is 6.90. The van der Waals surface area contributed by atoms with Crippen LogP contribution in [0.25, 0.3) is 32.3 Å². The van der Waals surface area contributed by atoms with Gasteiger partial charge in [0.1, 0.15) is 6.54 Å². The first-order valence-electron chi connectivity index (χ1n) is 9.71. The van der Waals surface area contributed by atoms with Crippen molar-refractivity contribution in [3.63, 3.8) is 0 Å². The van der Waals surface area contributed by atoms with Crippen LogP contribution in [0.4, 0.5) is 0 Å². The molecule has 0 bridgehead atoms. The molecule has 1 heterocycles. The normalized spacial score (nSPS) is 11.6. The molecule has 5 rings (SSSR count). The van der Waals surface area contributed by atoms with Gasteiger partial charge < -0.3 is 10.0 Å². The molecule has 0 saturated heterocycles. The van der Waals surface area contributed by atoms with Gasteiger partial charge in [0.2, 0.25) is 0 Å². The average Bonchev–Trinajstić information content (AvgIpc) is 2.73. The molecule has 0 amide bonds. The molecule has 0 radical (unpaired) electrons. The summed E-state index contributed by atoms with van der Waals surface area (Å²) in [7, 11) is -1.41. The quantitative estimate of drug-likeness (QED) is 0.285. The van der Waals surface area contributed by atoms with E-state index in [-0.39, 0.29) is 0 Å². The fourth-order valence-electron chi connectivity index (χ4n) is 4.26. The fraction of sp³-hybridized carbons (Fsp3) is 0.125. The summed E-state index contributed by atoms with van der Waals surface area (Å²) in [6.07, 6.45) is 5.83. The van der Waals surface area contributed by atoms with Crippen molar-refractivity contribution in [3.05, 3.63) is 84.7 Å². The summed E-state index contributed by atoms with van der Waals surface area (Å²) in [5, 5.41) is 26.4. The standard InChI is InChI=1S/C24H21BNO2/c27-25(28)21-12-15-26(16-13-21)14-2-5-17-6-7-20-9-8-18-3-1-4-19-10-11-22(17)24(20)23(18)19/h1,3-4,6-13,15-16,27-28H,2,5,14H2/q+1. The van der Waals surface area contributed by atoms with E-state index < -0.39 is 7.12 Å². The van der Waals surface area contributed by atoms with Crippen molar-refractivity contribution in [2.45, 2.75) is 19.4 Å². The highest BCUT2D eigenvalue weighted by Gasteiger charge is 2.13. The van der Waals surface area contributed by atoms with E-state index in [0.717, 1.165) is 19.4 Å². The van der Waals surface area contributed by atoms with E-state index in [0.29, 0.717) is 5.46 Å². The summed E-state index contributed by atoms with van der Waals surface area (Å²) in [6.45, 7) is 0.893. The third-order valence-electron chi connectivity index (χ3n) is 5.70. The van der Waals surface area contributed by atoms with Crippen molar-refractivity contribution in [3.8, 4) is 0 Å². The smallest absolute Gasteiger partial charge is 0.423 e. The van der Waals surface area contributed by atoms with Gasteiger partial charge in [-0.1, -0.05) is 54.6 Å². The summed E-state index contributed by atoms with van der Waals surface area (Å²) in [5.41, 5.74) is 1.90. The molecule has 0 atom stereocenters. The van der Waals surface area contributed by atoms with Gasteiger partial charge in [-0.05, 0) is 49.8 Å². The zero-order valence-electron chi connectivity index (χ0n) is 15.5. The SMILES string of the molecule is OB(O)c1cc[n+](CCCc2ccc3ccc4cccc5ccc2c3c45)cc1. The Morgan fingerprint density at radius 1 is 0.714 bits per heavy atom.